The van der Waals surface area contributed by atoms with Crippen molar-refractivity contribution >= 4 is 33.6 Å². The fourth-order valence-electron chi connectivity index (χ4n) is 3.09. The van der Waals surface area contributed by atoms with Crippen molar-refractivity contribution < 1.29 is 4.92 Å². The molecule has 2 aromatic rings. The molecular formula is C14H17ClN4O3S. The van der Waals surface area contributed by atoms with Crippen LogP contribution in [0.1, 0.15) is 50.0 Å². The second-order valence-electron chi connectivity index (χ2n) is 5.90. The highest BCUT2D eigenvalue weighted by atomic mass is 35.5. The lowest BCUT2D eigenvalue weighted by molar-refractivity contribution is -0.386. The molecular weight excluding hydrogens is 340 g/mol. The van der Waals surface area contributed by atoms with Gasteiger partial charge in [-0.1, -0.05) is 61.5 Å². The lowest BCUT2D eigenvalue weighted by Crippen LogP contribution is -2.19. The minimum absolute atomic E-state index is 0.307. The number of nitro groups is 1. The van der Waals surface area contributed by atoms with Crippen LogP contribution in [0.5, 0.6) is 0 Å². The molecule has 9 heteroatoms. The maximum Gasteiger partial charge on any atom is 0.372 e. The zero-order valence-electron chi connectivity index (χ0n) is 12.5. The Morgan fingerprint density at radius 1 is 1.30 bits per heavy atom. The van der Waals surface area contributed by atoms with Gasteiger partial charge in [0.15, 0.2) is 0 Å². The number of halogens is 1. The fraction of sp³-hybridized carbons (Fsp3) is 0.643. The van der Waals surface area contributed by atoms with E-state index in [1.807, 2.05) is 0 Å². The van der Waals surface area contributed by atoms with Gasteiger partial charge in [-0.3, -0.25) is 14.9 Å². The van der Waals surface area contributed by atoms with Gasteiger partial charge in [-0.15, -0.1) is 0 Å². The Hall–Kier alpha value is -1.54. The minimum Gasteiger partial charge on any atom is -0.259 e. The number of rotatable bonds is 4. The third-order valence-electron chi connectivity index (χ3n) is 4.31. The summed E-state index contributed by atoms with van der Waals surface area (Å²) >= 11 is 7.02. The van der Waals surface area contributed by atoms with Crippen molar-refractivity contribution in [1.29, 1.82) is 0 Å². The molecule has 3 rings (SSSR count). The summed E-state index contributed by atoms with van der Waals surface area (Å²) in [7, 11) is 0. The van der Waals surface area contributed by atoms with E-state index < -0.39 is 16.2 Å². The molecule has 7 nitrogen and oxygen atoms in total. The third kappa shape index (κ3) is 3.53. The van der Waals surface area contributed by atoms with Gasteiger partial charge in [-0.2, -0.15) is 14.6 Å². The van der Waals surface area contributed by atoms with E-state index in [4.69, 9.17) is 11.6 Å². The summed E-state index contributed by atoms with van der Waals surface area (Å²) in [6, 6.07) is 0. The molecule has 0 radical (unpaired) electrons. The van der Waals surface area contributed by atoms with Gasteiger partial charge in [0.2, 0.25) is 10.1 Å². The van der Waals surface area contributed by atoms with E-state index in [1.165, 1.54) is 49.9 Å². The molecule has 2 heterocycles. The van der Waals surface area contributed by atoms with Crippen LogP contribution >= 0.6 is 22.9 Å². The monoisotopic (exact) mass is 356 g/mol. The van der Waals surface area contributed by atoms with E-state index in [0.717, 1.165) is 22.4 Å². The van der Waals surface area contributed by atoms with Crippen LogP contribution in [-0.4, -0.2) is 19.5 Å². The molecule has 0 bridgehead atoms. The fourth-order valence-corrected chi connectivity index (χ4v) is 4.27. The molecule has 1 saturated carbocycles. The minimum atomic E-state index is -0.818. The zero-order chi connectivity index (χ0) is 16.4. The number of hydrogen-bond donors (Lipinski definition) is 0. The van der Waals surface area contributed by atoms with E-state index in [0.29, 0.717) is 10.9 Å². The molecule has 124 valence electrons. The second kappa shape index (κ2) is 6.92. The smallest absolute Gasteiger partial charge is 0.259 e. The Morgan fingerprint density at radius 3 is 2.65 bits per heavy atom. The number of hydrogen-bond acceptors (Lipinski definition) is 6. The van der Waals surface area contributed by atoms with E-state index in [9.17, 15) is 14.9 Å². The van der Waals surface area contributed by atoms with Crippen LogP contribution in [-0.2, 0) is 6.42 Å². The van der Waals surface area contributed by atoms with Gasteiger partial charge < -0.3 is 0 Å². The van der Waals surface area contributed by atoms with E-state index in [1.54, 1.807) is 0 Å². The molecule has 0 aliphatic heterocycles. The first kappa shape index (κ1) is 16.3. The first-order valence-electron chi connectivity index (χ1n) is 7.79. The topological polar surface area (TPSA) is 90.4 Å². The summed E-state index contributed by atoms with van der Waals surface area (Å²) in [5.41, 5.74) is -1.54. The van der Waals surface area contributed by atoms with Crippen molar-refractivity contribution in [2.45, 2.75) is 51.4 Å². The molecule has 23 heavy (non-hydrogen) atoms. The quantitative estimate of drug-likeness (QED) is 0.361. The standard InChI is InChI=1S/C14H17ClN4O3S/c15-12-11(19(21)22)13(20)18-14(16-12)23-10(17-18)8-7-9-5-3-1-2-4-6-9/h9H,1-8H2. The summed E-state index contributed by atoms with van der Waals surface area (Å²) in [5.74, 6) is 0.701. The summed E-state index contributed by atoms with van der Waals surface area (Å²) in [6.07, 6.45) is 9.51. The van der Waals surface area contributed by atoms with Gasteiger partial charge in [0.05, 0.1) is 4.92 Å². The van der Waals surface area contributed by atoms with Gasteiger partial charge >= 0.3 is 11.2 Å². The Kier molecular flexibility index (Phi) is 4.91. The van der Waals surface area contributed by atoms with Crippen LogP contribution in [0.25, 0.3) is 4.96 Å². The maximum atomic E-state index is 12.1. The Morgan fingerprint density at radius 2 is 2.00 bits per heavy atom. The van der Waals surface area contributed by atoms with Crippen LogP contribution in [0.2, 0.25) is 5.15 Å². The van der Waals surface area contributed by atoms with Gasteiger partial charge in [0.25, 0.3) is 0 Å². The number of aromatic nitrogens is 3. The van der Waals surface area contributed by atoms with Crippen LogP contribution in [0, 0.1) is 16.0 Å². The molecule has 1 aliphatic rings. The van der Waals surface area contributed by atoms with Crippen molar-refractivity contribution in [3.05, 3.63) is 30.6 Å². The normalized spacial score (nSPS) is 16.6. The predicted octanol–water partition coefficient (Wildman–Crippen LogP) is 3.62. The van der Waals surface area contributed by atoms with E-state index in [2.05, 4.69) is 10.1 Å². The van der Waals surface area contributed by atoms with Gasteiger partial charge in [0, 0.05) is 6.42 Å². The van der Waals surface area contributed by atoms with Crippen molar-refractivity contribution in [2.75, 3.05) is 0 Å². The van der Waals surface area contributed by atoms with Crippen molar-refractivity contribution in [2.24, 2.45) is 5.92 Å². The third-order valence-corrected chi connectivity index (χ3v) is 5.54. The molecule has 0 N–H and O–H groups in total. The average molecular weight is 357 g/mol. The van der Waals surface area contributed by atoms with Gasteiger partial charge in [0.1, 0.15) is 5.01 Å². The molecule has 0 amide bonds. The molecule has 0 saturated heterocycles. The number of aryl methyl sites for hydroxylation is 1. The van der Waals surface area contributed by atoms with E-state index in [-0.39, 0.29) is 5.15 Å². The van der Waals surface area contributed by atoms with Crippen LogP contribution in [0.3, 0.4) is 0 Å². The SMILES string of the molecule is O=c1c([N+](=O)[O-])c(Cl)nc2sc(CCC3CCCCCC3)nn12. The molecule has 1 fully saturated rings. The molecule has 1 aliphatic carbocycles. The molecule has 0 aromatic carbocycles. The predicted molar refractivity (Wildman–Crippen MR) is 88.3 cm³/mol. The largest absolute Gasteiger partial charge is 0.372 e. The molecule has 0 atom stereocenters. The van der Waals surface area contributed by atoms with Crippen LogP contribution < -0.4 is 5.56 Å². The van der Waals surface area contributed by atoms with Crippen molar-refractivity contribution in [3.8, 4) is 0 Å². The lowest BCUT2D eigenvalue weighted by Gasteiger charge is -2.11. The molecule has 2 aromatic heterocycles. The Bertz CT molecular complexity index is 780. The highest BCUT2D eigenvalue weighted by Gasteiger charge is 2.24. The Balaban J connectivity index is 1.81. The summed E-state index contributed by atoms with van der Waals surface area (Å²) in [6.45, 7) is 0. The Labute approximate surface area is 141 Å². The van der Waals surface area contributed by atoms with Crippen molar-refractivity contribution in [1.82, 2.24) is 14.6 Å². The number of nitrogens with zero attached hydrogens (tertiary/aromatic N) is 4. The average Bonchev–Trinajstić information content (AvgIpc) is 2.73. The first-order valence-corrected chi connectivity index (χ1v) is 8.98. The lowest BCUT2D eigenvalue weighted by atomic mass is 9.95. The van der Waals surface area contributed by atoms with Crippen LogP contribution in [0.4, 0.5) is 5.69 Å². The molecule has 0 spiro atoms. The highest BCUT2D eigenvalue weighted by molar-refractivity contribution is 7.16. The number of fused-ring (bicyclic) bond motifs is 1. The second-order valence-corrected chi connectivity index (χ2v) is 7.30. The van der Waals surface area contributed by atoms with Gasteiger partial charge in [-0.25, -0.2) is 0 Å². The van der Waals surface area contributed by atoms with Crippen molar-refractivity contribution in [3.63, 3.8) is 0 Å². The van der Waals surface area contributed by atoms with Crippen LogP contribution in [0.15, 0.2) is 4.79 Å². The van der Waals surface area contributed by atoms with E-state index >= 15 is 0 Å². The zero-order valence-corrected chi connectivity index (χ0v) is 14.1. The van der Waals surface area contributed by atoms with Gasteiger partial charge in [-0.05, 0) is 12.3 Å². The maximum absolute atomic E-state index is 12.1. The highest BCUT2D eigenvalue weighted by Crippen LogP contribution is 2.28. The molecule has 0 unspecified atom stereocenters. The summed E-state index contributed by atoms with van der Waals surface area (Å²) < 4.78 is 0.997. The summed E-state index contributed by atoms with van der Waals surface area (Å²) in [4.78, 5) is 26.4. The summed E-state index contributed by atoms with van der Waals surface area (Å²) in [5, 5.41) is 15.5. The first-order chi connectivity index (χ1) is 11.1.